The highest BCUT2D eigenvalue weighted by atomic mass is 16.5. The Hall–Kier alpha value is -1.39. The van der Waals surface area contributed by atoms with Crippen molar-refractivity contribution in [2.75, 3.05) is 13.7 Å². The number of hydrogen-bond donors (Lipinski definition) is 2. The predicted molar refractivity (Wildman–Crippen MR) is 70.4 cm³/mol. The SMILES string of the molecule is CCCC(O)CNCc1ccc(C(=O)OC)cc1. The molecule has 0 radical (unpaired) electrons. The van der Waals surface area contributed by atoms with Crippen molar-refractivity contribution in [2.45, 2.75) is 32.4 Å². The molecule has 0 saturated heterocycles. The molecule has 0 aliphatic heterocycles. The second kappa shape index (κ2) is 7.84. The number of esters is 1. The Morgan fingerprint density at radius 2 is 2.06 bits per heavy atom. The van der Waals surface area contributed by atoms with Crippen LogP contribution in [0.2, 0.25) is 0 Å². The van der Waals surface area contributed by atoms with Crippen LogP contribution in [-0.4, -0.2) is 30.8 Å². The first-order valence-corrected chi connectivity index (χ1v) is 6.23. The van der Waals surface area contributed by atoms with Gasteiger partial charge in [-0.25, -0.2) is 4.79 Å². The number of aliphatic hydroxyl groups excluding tert-OH is 1. The number of aliphatic hydroxyl groups is 1. The van der Waals surface area contributed by atoms with Crippen molar-refractivity contribution in [1.29, 1.82) is 0 Å². The van der Waals surface area contributed by atoms with Gasteiger partial charge in [0.2, 0.25) is 0 Å². The van der Waals surface area contributed by atoms with Crippen LogP contribution < -0.4 is 5.32 Å². The molecule has 4 heteroatoms. The van der Waals surface area contributed by atoms with Crippen molar-refractivity contribution in [1.82, 2.24) is 5.32 Å². The van der Waals surface area contributed by atoms with Crippen molar-refractivity contribution in [3.63, 3.8) is 0 Å². The Kier molecular flexibility index (Phi) is 6.39. The largest absolute Gasteiger partial charge is 0.465 e. The number of hydrogen-bond acceptors (Lipinski definition) is 4. The minimum atomic E-state index is -0.326. The Morgan fingerprint density at radius 1 is 1.39 bits per heavy atom. The summed E-state index contributed by atoms with van der Waals surface area (Å²) in [6.45, 7) is 3.32. The molecule has 18 heavy (non-hydrogen) atoms. The van der Waals surface area contributed by atoms with Gasteiger partial charge in [-0.2, -0.15) is 0 Å². The molecule has 0 spiro atoms. The summed E-state index contributed by atoms with van der Waals surface area (Å²) < 4.78 is 4.63. The molecule has 0 aromatic heterocycles. The van der Waals surface area contributed by atoms with Gasteiger partial charge in [0.25, 0.3) is 0 Å². The topological polar surface area (TPSA) is 58.6 Å². The summed E-state index contributed by atoms with van der Waals surface area (Å²) >= 11 is 0. The van der Waals surface area contributed by atoms with E-state index in [2.05, 4.69) is 17.0 Å². The number of ether oxygens (including phenoxy) is 1. The third-order valence-corrected chi connectivity index (χ3v) is 2.71. The molecule has 0 bridgehead atoms. The first kappa shape index (κ1) is 14.7. The first-order chi connectivity index (χ1) is 8.67. The summed E-state index contributed by atoms with van der Waals surface area (Å²) in [5.74, 6) is -0.326. The Balaban J connectivity index is 2.37. The molecule has 1 aromatic rings. The molecule has 100 valence electrons. The van der Waals surface area contributed by atoms with E-state index in [-0.39, 0.29) is 12.1 Å². The highest BCUT2D eigenvalue weighted by Crippen LogP contribution is 2.05. The molecule has 0 aliphatic rings. The molecule has 0 heterocycles. The highest BCUT2D eigenvalue weighted by molar-refractivity contribution is 5.89. The third-order valence-electron chi connectivity index (χ3n) is 2.71. The lowest BCUT2D eigenvalue weighted by atomic mass is 10.1. The van der Waals surface area contributed by atoms with Gasteiger partial charge in [-0.1, -0.05) is 25.5 Å². The summed E-state index contributed by atoms with van der Waals surface area (Å²) in [6, 6.07) is 7.24. The van der Waals surface area contributed by atoms with Gasteiger partial charge in [0, 0.05) is 13.1 Å². The summed E-state index contributed by atoms with van der Waals surface area (Å²) in [7, 11) is 1.37. The molecule has 1 rings (SSSR count). The number of benzene rings is 1. The second-order valence-corrected chi connectivity index (χ2v) is 4.26. The van der Waals surface area contributed by atoms with Crippen LogP contribution in [0.1, 0.15) is 35.7 Å². The lowest BCUT2D eigenvalue weighted by molar-refractivity contribution is 0.0600. The lowest BCUT2D eigenvalue weighted by Gasteiger charge is -2.10. The summed E-state index contributed by atoms with van der Waals surface area (Å²) in [4.78, 5) is 11.2. The predicted octanol–water partition coefficient (Wildman–Crippen LogP) is 1.72. The van der Waals surface area contributed by atoms with Crippen molar-refractivity contribution >= 4 is 5.97 Å². The zero-order valence-electron chi connectivity index (χ0n) is 11.0. The van der Waals surface area contributed by atoms with Crippen molar-refractivity contribution in [3.05, 3.63) is 35.4 Å². The Bertz CT molecular complexity index is 362. The van der Waals surface area contributed by atoms with E-state index in [0.29, 0.717) is 18.7 Å². The fraction of sp³-hybridized carbons (Fsp3) is 0.500. The minimum absolute atomic E-state index is 0.288. The van der Waals surface area contributed by atoms with E-state index in [1.165, 1.54) is 7.11 Å². The third kappa shape index (κ3) is 4.85. The van der Waals surface area contributed by atoms with Gasteiger partial charge in [0.05, 0.1) is 18.8 Å². The van der Waals surface area contributed by atoms with Crippen LogP contribution in [0.4, 0.5) is 0 Å². The summed E-state index contributed by atoms with van der Waals surface area (Å²) in [6.07, 6.45) is 1.51. The molecule has 0 fully saturated rings. The normalized spacial score (nSPS) is 12.2. The molecular weight excluding hydrogens is 230 g/mol. The zero-order chi connectivity index (χ0) is 13.4. The standard InChI is InChI=1S/C14H21NO3/c1-3-4-13(16)10-15-9-11-5-7-12(8-6-11)14(17)18-2/h5-8,13,15-16H,3-4,9-10H2,1-2H3. The van der Waals surface area contributed by atoms with Crippen LogP contribution in [0.3, 0.4) is 0 Å². The number of nitrogens with one attached hydrogen (secondary N) is 1. The van der Waals surface area contributed by atoms with Gasteiger partial charge >= 0.3 is 5.97 Å². The Morgan fingerprint density at radius 3 is 2.61 bits per heavy atom. The molecule has 0 amide bonds. The van der Waals surface area contributed by atoms with E-state index in [0.717, 1.165) is 18.4 Å². The van der Waals surface area contributed by atoms with E-state index in [1.807, 2.05) is 12.1 Å². The molecule has 2 N–H and O–H groups in total. The summed E-state index contributed by atoms with van der Waals surface area (Å²) in [5.41, 5.74) is 1.62. The van der Waals surface area contributed by atoms with Crippen LogP contribution in [0.5, 0.6) is 0 Å². The minimum Gasteiger partial charge on any atom is -0.465 e. The van der Waals surface area contributed by atoms with Crippen LogP contribution in [0.15, 0.2) is 24.3 Å². The van der Waals surface area contributed by atoms with Gasteiger partial charge in [0.1, 0.15) is 0 Å². The van der Waals surface area contributed by atoms with Gasteiger partial charge < -0.3 is 15.2 Å². The average Bonchev–Trinajstić information content (AvgIpc) is 2.39. The maximum absolute atomic E-state index is 11.2. The van der Waals surface area contributed by atoms with Crippen LogP contribution >= 0.6 is 0 Å². The zero-order valence-corrected chi connectivity index (χ0v) is 11.0. The second-order valence-electron chi connectivity index (χ2n) is 4.26. The van der Waals surface area contributed by atoms with E-state index < -0.39 is 0 Å². The molecule has 1 aromatic carbocycles. The average molecular weight is 251 g/mol. The van der Waals surface area contributed by atoms with Crippen molar-refractivity contribution < 1.29 is 14.6 Å². The fourth-order valence-electron chi connectivity index (χ4n) is 1.69. The molecule has 1 unspecified atom stereocenters. The number of carbonyl (C=O) groups excluding carboxylic acids is 1. The lowest BCUT2D eigenvalue weighted by Crippen LogP contribution is -2.26. The van der Waals surface area contributed by atoms with E-state index in [4.69, 9.17) is 0 Å². The molecule has 1 atom stereocenters. The van der Waals surface area contributed by atoms with Crippen molar-refractivity contribution in [2.24, 2.45) is 0 Å². The quantitative estimate of drug-likeness (QED) is 0.724. The monoisotopic (exact) mass is 251 g/mol. The van der Waals surface area contributed by atoms with Crippen LogP contribution in [0, 0.1) is 0 Å². The molecular formula is C14H21NO3. The number of rotatable bonds is 7. The van der Waals surface area contributed by atoms with Gasteiger partial charge in [-0.15, -0.1) is 0 Å². The highest BCUT2D eigenvalue weighted by Gasteiger charge is 2.05. The smallest absolute Gasteiger partial charge is 0.337 e. The van der Waals surface area contributed by atoms with Crippen LogP contribution in [0.25, 0.3) is 0 Å². The van der Waals surface area contributed by atoms with E-state index >= 15 is 0 Å². The molecule has 4 nitrogen and oxygen atoms in total. The van der Waals surface area contributed by atoms with Crippen molar-refractivity contribution in [3.8, 4) is 0 Å². The number of carbonyl (C=O) groups is 1. The molecule has 0 aliphatic carbocycles. The Labute approximate surface area is 108 Å². The van der Waals surface area contributed by atoms with Gasteiger partial charge in [0.15, 0.2) is 0 Å². The van der Waals surface area contributed by atoms with Gasteiger partial charge in [-0.3, -0.25) is 0 Å². The maximum atomic E-state index is 11.2. The number of methoxy groups -OCH3 is 1. The fourth-order valence-corrected chi connectivity index (χ4v) is 1.69. The summed E-state index contributed by atoms with van der Waals surface area (Å²) in [5, 5.41) is 12.7. The first-order valence-electron chi connectivity index (χ1n) is 6.23. The molecule has 0 saturated carbocycles. The van der Waals surface area contributed by atoms with Crippen LogP contribution in [-0.2, 0) is 11.3 Å². The van der Waals surface area contributed by atoms with E-state index in [1.54, 1.807) is 12.1 Å². The van der Waals surface area contributed by atoms with Gasteiger partial charge in [-0.05, 0) is 24.1 Å². The van der Waals surface area contributed by atoms with E-state index in [9.17, 15) is 9.90 Å². The maximum Gasteiger partial charge on any atom is 0.337 e.